The average molecular weight is 302 g/mol. The Bertz CT molecular complexity index is 372. The van der Waals surface area contributed by atoms with E-state index in [2.05, 4.69) is 44.9 Å². The van der Waals surface area contributed by atoms with Crippen molar-refractivity contribution in [3.05, 3.63) is 15.9 Å². The van der Waals surface area contributed by atoms with Crippen LogP contribution in [-0.2, 0) is 24.2 Å². The van der Waals surface area contributed by atoms with Crippen LogP contribution in [0.2, 0.25) is 0 Å². The summed E-state index contributed by atoms with van der Waals surface area (Å²) in [6.45, 7) is 7.74. The van der Waals surface area contributed by atoms with E-state index in [9.17, 15) is 0 Å². The molecule has 0 spiro atoms. The smallest absolute Gasteiger partial charge is 0.0767 e. The maximum absolute atomic E-state index is 5.36. The van der Waals surface area contributed by atoms with Gasteiger partial charge in [0.25, 0.3) is 0 Å². The van der Waals surface area contributed by atoms with Crippen molar-refractivity contribution in [1.82, 2.24) is 15.1 Å². The van der Waals surface area contributed by atoms with E-state index in [0.29, 0.717) is 6.04 Å². The zero-order chi connectivity index (χ0) is 12.3. The fraction of sp³-hybridized carbons (Fsp3) is 0.750. The van der Waals surface area contributed by atoms with Crippen molar-refractivity contribution in [3.8, 4) is 0 Å². The first-order valence-electron chi connectivity index (χ1n) is 6.31. The molecule has 4 nitrogen and oxygen atoms in total. The van der Waals surface area contributed by atoms with Gasteiger partial charge in [0.15, 0.2) is 0 Å². The van der Waals surface area contributed by atoms with Gasteiger partial charge in [-0.2, -0.15) is 5.10 Å². The van der Waals surface area contributed by atoms with Crippen LogP contribution in [0.25, 0.3) is 0 Å². The highest BCUT2D eigenvalue weighted by atomic mass is 79.9. The topological polar surface area (TPSA) is 39.1 Å². The van der Waals surface area contributed by atoms with Crippen molar-refractivity contribution < 1.29 is 4.74 Å². The van der Waals surface area contributed by atoms with E-state index in [4.69, 9.17) is 4.74 Å². The number of nitrogens with zero attached hydrogens (tertiary/aromatic N) is 2. The Labute approximate surface area is 111 Å². The maximum atomic E-state index is 5.36. The average Bonchev–Trinajstić information content (AvgIpc) is 2.94. The van der Waals surface area contributed by atoms with Gasteiger partial charge < -0.3 is 10.1 Å². The van der Waals surface area contributed by atoms with Crippen molar-refractivity contribution in [2.24, 2.45) is 0 Å². The first-order chi connectivity index (χ1) is 8.26. The molecule has 1 saturated heterocycles. The summed E-state index contributed by atoms with van der Waals surface area (Å²) < 4.78 is 8.60. The summed E-state index contributed by atoms with van der Waals surface area (Å²) >= 11 is 3.66. The maximum Gasteiger partial charge on any atom is 0.0767 e. The highest BCUT2D eigenvalue weighted by molar-refractivity contribution is 9.10. The second kappa shape index (κ2) is 5.98. The van der Waals surface area contributed by atoms with Gasteiger partial charge in [-0.25, -0.2) is 0 Å². The van der Waals surface area contributed by atoms with Crippen molar-refractivity contribution in [3.63, 3.8) is 0 Å². The number of halogens is 1. The molecule has 2 rings (SSSR count). The number of aromatic nitrogens is 2. The molecule has 1 fully saturated rings. The summed E-state index contributed by atoms with van der Waals surface area (Å²) in [5.74, 6) is 0. The van der Waals surface area contributed by atoms with Crippen LogP contribution in [0, 0.1) is 0 Å². The van der Waals surface area contributed by atoms with Crippen LogP contribution in [0.3, 0.4) is 0 Å². The number of hydrogen-bond donors (Lipinski definition) is 1. The molecule has 2 heterocycles. The van der Waals surface area contributed by atoms with E-state index in [1.54, 1.807) is 0 Å². The van der Waals surface area contributed by atoms with Crippen molar-refractivity contribution >= 4 is 15.9 Å². The molecule has 1 aliphatic heterocycles. The van der Waals surface area contributed by atoms with Gasteiger partial charge in [-0.1, -0.05) is 6.92 Å². The van der Waals surface area contributed by atoms with Gasteiger partial charge in [0.2, 0.25) is 0 Å². The molecular weight excluding hydrogens is 282 g/mol. The summed E-state index contributed by atoms with van der Waals surface area (Å²) in [5.41, 5.74) is 2.39. The Morgan fingerprint density at radius 3 is 2.94 bits per heavy atom. The summed E-state index contributed by atoms with van der Waals surface area (Å²) in [6, 6.07) is 0.493. The summed E-state index contributed by atoms with van der Waals surface area (Å²) in [7, 11) is 0. The molecular formula is C12H20BrN3O. The monoisotopic (exact) mass is 301 g/mol. The first-order valence-corrected chi connectivity index (χ1v) is 7.10. The summed E-state index contributed by atoms with van der Waals surface area (Å²) in [6.07, 6.45) is 2.08. The van der Waals surface area contributed by atoms with Crippen molar-refractivity contribution in [2.45, 2.75) is 45.8 Å². The molecule has 0 bridgehead atoms. The molecule has 0 saturated carbocycles. The third kappa shape index (κ3) is 2.89. The number of hydrogen-bond acceptors (Lipinski definition) is 3. The van der Waals surface area contributed by atoms with Gasteiger partial charge in [-0.15, -0.1) is 0 Å². The van der Waals surface area contributed by atoms with Crippen LogP contribution in [0.4, 0.5) is 0 Å². The van der Waals surface area contributed by atoms with Gasteiger partial charge in [0.05, 0.1) is 22.5 Å². The largest absolute Gasteiger partial charge is 0.380 e. The van der Waals surface area contributed by atoms with Crippen LogP contribution in [0.1, 0.15) is 31.7 Å². The molecule has 0 aliphatic carbocycles. The van der Waals surface area contributed by atoms with E-state index in [1.807, 2.05) is 0 Å². The molecule has 1 atom stereocenters. The minimum absolute atomic E-state index is 0.493. The van der Waals surface area contributed by atoms with E-state index in [0.717, 1.165) is 49.3 Å². The van der Waals surface area contributed by atoms with E-state index >= 15 is 0 Å². The lowest BCUT2D eigenvalue weighted by atomic mass is 10.2. The molecule has 1 aromatic rings. The molecule has 1 aromatic heterocycles. The Hall–Kier alpha value is -0.390. The lowest BCUT2D eigenvalue weighted by Crippen LogP contribution is -2.29. The fourth-order valence-electron chi connectivity index (χ4n) is 2.12. The van der Waals surface area contributed by atoms with E-state index < -0.39 is 0 Å². The summed E-state index contributed by atoms with van der Waals surface area (Å²) in [4.78, 5) is 0. The minimum atomic E-state index is 0.493. The lowest BCUT2D eigenvalue weighted by molar-refractivity contribution is 0.189. The summed E-state index contributed by atoms with van der Waals surface area (Å²) in [5, 5.41) is 8.13. The molecule has 96 valence electrons. The predicted octanol–water partition coefficient (Wildman–Crippen LogP) is 2.11. The SMILES string of the molecule is CCc1nn(CC)c(CNC2CCOC2)c1Br. The molecule has 0 radical (unpaired) electrons. The number of aryl methyl sites for hydroxylation is 2. The van der Waals surface area contributed by atoms with Crippen LogP contribution in [0.5, 0.6) is 0 Å². The molecule has 17 heavy (non-hydrogen) atoms. The standard InChI is InChI=1S/C12H20BrN3O/c1-3-10-12(13)11(16(4-2)15-10)7-14-9-5-6-17-8-9/h9,14H,3-8H2,1-2H3. The molecule has 0 amide bonds. The van der Waals surface area contributed by atoms with Gasteiger partial charge in [0.1, 0.15) is 0 Å². The Kier molecular flexibility index (Phi) is 4.59. The quantitative estimate of drug-likeness (QED) is 0.905. The Morgan fingerprint density at radius 1 is 1.53 bits per heavy atom. The van der Waals surface area contributed by atoms with Crippen LogP contribution in [0.15, 0.2) is 4.47 Å². The van der Waals surface area contributed by atoms with Crippen LogP contribution < -0.4 is 5.32 Å². The minimum Gasteiger partial charge on any atom is -0.380 e. The number of rotatable bonds is 5. The van der Waals surface area contributed by atoms with Gasteiger partial charge >= 0.3 is 0 Å². The Morgan fingerprint density at radius 2 is 2.35 bits per heavy atom. The fourth-order valence-corrected chi connectivity index (χ4v) is 2.83. The zero-order valence-electron chi connectivity index (χ0n) is 10.5. The van der Waals surface area contributed by atoms with E-state index in [-0.39, 0.29) is 0 Å². The Balaban J connectivity index is 2.05. The van der Waals surface area contributed by atoms with Crippen LogP contribution in [-0.4, -0.2) is 29.0 Å². The zero-order valence-corrected chi connectivity index (χ0v) is 12.1. The third-order valence-electron chi connectivity index (χ3n) is 3.18. The van der Waals surface area contributed by atoms with Gasteiger partial charge in [0, 0.05) is 25.7 Å². The van der Waals surface area contributed by atoms with Gasteiger partial charge in [-0.05, 0) is 35.7 Å². The number of ether oxygens (including phenoxy) is 1. The van der Waals surface area contributed by atoms with Crippen molar-refractivity contribution in [1.29, 1.82) is 0 Å². The third-order valence-corrected chi connectivity index (χ3v) is 4.10. The number of nitrogens with one attached hydrogen (secondary N) is 1. The van der Waals surface area contributed by atoms with Crippen molar-refractivity contribution in [2.75, 3.05) is 13.2 Å². The van der Waals surface area contributed by atoms with E-state index in [1.165, 1.54) is 5.69 Å². The highest BCUT2D eigenvalue weighted by Crippen LogP contribution is 2.22. The lowest BCUT2D eigenvalue weighted by Gasteiger charge is -2.11. The molecule has 1 N–H and O–H groups in total. The normalized spacial score (nSPS) is 20.1. The molecule has 1 unspecified atom stereocenters. The predicted molar refractivity (Wildman–Crippen MR) is 71.0 cm³/mol. The second-order valence-electron chi connectivity index (χ2n) is 4.32. The highest BCUT2D eigenvalue weighted by Gasteiger charge is 2.18. The second-order valence-corrected chi connectivity index (χ2v) is 5.11. The van der Waals surface area contributed by atoms with Gasteiger partial charge in [-0.3, -0.25) is 4.68 Å². The molecule has 1 aliphatic rings. The van der Waals surface area contributed by atoms with Crippen LogP contribution >= 0.6 is 15.9 Å². The molecule has 0 aromatic carbocycles. The molecule has 5 heteroatoms. The first kappa shape index (κ1) is 13.1.